The number of hydrogen-bond acceptors (Lipinski definition) is 8. The van der Waals surface area contributed by atoms with Gasteiger partial charge in [0.25, 0.3) is 0 Å². The van der Waals surface area contributed by atoms with Crippen molar-refractivity contribution in [3.05, 3.63) is 42.5 Å². The minimum absolute atomic E-state index is 0. The summed E-state index contributed by atoms with van der Waals surface area (Å²) in [5.41, 5.74) is 0.433. The average molecular weight is 493 g/mol. The van der Waals surface area contributed by atoms with Crippen LogP contribution in [-0.4, -0.2) is 36.5 Å². The Labute approximate surface area is 209 Å². The summed E-state index contributed by atoms with van der Waals surface area (Å²) in [4.78, 5) is 22.9. The van der Waals surface area contributed by atoms with E-state index in [2.05, 4.69) is 25.7 Å². The molecule has 5 fully saturated rings. The largest absolute Gasteiger partial charge is 0.555 e. The third-order valence-corrected chi connectivity index (χ3v) is 7.91. The molecule has 0 N–H and O–H groups in total. The van der Waals surface area contributed by atoms with Crippen molar-refractivity contribution in [1.82, 2.24) is 0 Å². The van der Waals surface area contributed by atoms with Crippen molar-refractivity contribution in [3.8, 4) is 0 Å². The van der Waals surface area contributed by atoms with E-state index in [1.54, 1.807) is 12.1 Å². The smallest absolute Gasteiger partial charge is 0.201 e. The number of rotatable bonds is 5. The highest BCUT2D eigenvalue weighted by atomic mass is 17.3. The predicted molar refractivity (Wildman–Crippen MR) is 126 cm³/mol. The lowest BCUT2D eigenvalue weighted by atomic mass is 9.58. The Morgan fingerprint density at radius 3 is 2.46 bits per heavy atom. The fourth-order valence-corrected chi connectivity index (χ4v) is 5.98. The van der Waals surface area contributed by atoms with Gasteiger partial charge in [-0.05, 0) is 56.1 Å². The molecule has 8 atom stereocenters. The summed E-state index contributed by atoms with van der Waals surface area (Å²) in [5, 5.41) is 10.9. The lowest BCUT2D eigenvalue weighted by molar-refractivity contribution is -0.577. The molecule has 8 nitrogen and oxygen atoms in total. The van der Waals surface area contributed by atoms with E-state index >= 15 is 0 Å². The van der Waals surface area contributed by atoms with Crippen molar-refractivity contribution in [2.45, 2.75) is 91.4 Å². The lowest BCUT2D eigenvalue weighted by Crippen LogP contribution is -2.70. The summed E-state index contributed by atoms with van der Waals surface area (Å²) in [7, 11) is 3.10. The summed E-state index contributed by atoms with van der Waals surface area (Å²) < 4.78 is 23.2. The fraction of sp³-hybridized carbons (Fsp3) is 0.704. The van der Waals surface area contributed by atoms with Crippen LogP contribution in [0.5, 0.6) is 0 Å². The Kier molecular flexibility index (Phi) is 9.00. The van der Waals surface area contributed by atoms with Crippen LogP contribution in [0.3, 0.4) is 0 Å². The number of carboxylic acid groups (broad SMARTS) is 1. The molecule has 5 aliphatic rings. The molecule has 1 saturated carbocycles. The molecule has 198 valence electrons. The average Bonchev–Trinajstić information content (AvgIpc) is 3.06. The molecule has 0 radical (unpaired) electrons. The molecule has 1 aromatic carbocycles. The Hall–Kier alpha value is -1.55. The van der Waals surface area contributed by atoms with Gasteiger partial charge in [-0.2, -0.15) is 0 Å². The van der Waals surface area contributed by atoms with Crippen molar-refractivity contribution in [3.63, 3.8) is 0 Å². The molecule has 4 unspecified atom stereocenters. The second-order valence-corrected chi connectivity index (χ2v) is 10.1. The Morgan fingerprint density at radius 2 is 1.83 bits per heavy atom. The SMILES string of the molecule is C.CC1C(OCc2ccc(C(=O)[O-])cc2)O[C@@H]2O[C@@]3(C)CC[C@H]4C(C)CCC1[C@@]24OO3.[CH2-]OCC. The second-order valence-electron chi connectivity index (χ2n) is 10.1. The van der Waals surface area contributed by atoms with Crippen molar-refractivity contribution in [1.29, 1.82) is 0 Å². The van der Waals surface area contributed by atoms with Gasteiger partial charge in [0.1, 0.15) is 0 Å². The van der Waals surface area contributed by atoms with E-state index in [1.807, 2.05) is 13.8 Å². The zero-order valence-corrected chi connectivity index (χ0v) is 20.5. The van der Waals surface area contributed by atoms with Crippen LogP contribution in [0.2, 0.25) is 0 Å². The van der Waals surface area contributed by atoms with Crippen LogP contribution in [0, 0.1) is 30.8 Å². The monoisotopic (exact) mass is 492 g/mol. The first-order valence-corrected chi connectivity index (χ1v) is 12.2. The molecule has 8 heteroatoms. The number of hydrogen-bond donors (Lipinski definition) is 0. The molecule has 1 spiro atoms. The highest BCUT2D eigenvalue weighted by molar-refractivity contribution is 5.85. The van der Waals surface area contributed by atoms with Gasteiger partial charge in [0.15, 0.2) is 18.2 Å². The maximum absolute atomic E-state index is 10.9. The maximum Gasteiger partial charge on any atom is 0.201 e. The maximum atomic E-state index is 10.9. The summed E-state index contributed by atoms with van der Waals surface area (Å²) in [5.74, 6) is -0.824. The topological polar surface area (TPSA) is 95.5 Å². The Morgan fingerprint density at radius 1 is 1.14 bits per heavy atom. The van der Waals surface area contributed by atoms with E-state index in [0.29, 0.717) is 25.0 Å². The number of benzene rings is 1. The summed E-state index contributed by atoms with van der Waals surface area (Å²) in [6.45, 7) is 9.28. The molecule has 1 aromatic rings. The molecule has 0 amide bonds. The Bertz CT molecular complexity index is 842. The van der Waals surface area contributed by atoms with Crippen molar-refractivity contribution >= 4 is 5.97 Å². The van der Waals surface area contributed by atoms with E-state index in [-0.39, 0.29) is 24.8 Å². The van der Waals surface area contributed by atoms with Gasteiger partial charge in [0, 0.05) is 24.9 Å². The molecule has 4 aliphatic heterocycles. The van der Waals surface area contributed by atoms with E-state index in [9.17, 15) is 9.90 Å². The quantitative estimate of drug-likeness (QED) is 0.445. The standard InChI is InChI=1S/C23H30O7.C3H7O.CH4/c1-13-4-9-18-14(2)20(26-12-15-5-7-16(8-6-15)19(24)25)27-21-23(18)17(13)10-11-22(3,28-21)29-30-23;1-3-4-2;/h5-8,13-14,17-18,20-21H,4,9-12H2,1-3H3,(H,24,25);2-3H2,1H3;1H4/q;-1;/p-1/t13?,14?,17-,18?,20?,21+,22+,23+;;/m0../s1. The zero-order valence-electron chi connectivity index (χ0n) is 20.5. The molecule has 35 heavy (non-hydrogen) atoms. The van der Waals surface area contributed by atoms with Gasteiger partial charge in [-0.1, -0.05) is 45.5 Å². The van der Waals surface area contributed by atoms with Gasteiger partial charge < -0.3 is 28.8 Å². The van der Waals surface area contributed by atoms with Gasteiger partial charge in [-0.3, -0.25) is 0 Å². The van der Waals surface area contributed by atoms with Crippen LogP contribution in [0.4, 0.5) is 0 Å². The van der Waals surface area contributed by atoms with Gasteiger partial charge in [0.2, 0.25) is 5.79 Å². The predicted octanol–water partition coefficient (Wildman–Crippen LogP) is 4.23. The number of carbonyl (C=O) groups excluding carboxylic acids is 1. The van der Waals surface area contributed by atoms with Crippen molar-refractivity contribution in [2.75, 3.05) is 6.61 Å². The Balaban J connectivity index is 0.000000638. The van der Waals surface area contributed by atoms with Crippen molar-refractivity contribution < 1.29 is 38.6 Å². The fourth-order valence-electron chi connectivity index (χ4n) is 5.98. The molecule has 0 aromatic heterocycles. The summed E-state index contributed by atoms with van der Waals surface area (Å²) >= 11 is 0. The molecule has 1 aliphatic carbocycles. The molecule has 4 heterocycles. The minimum atomic E-state index is -1.19. The molecule has 4 saturated heterocycles. The summed E-state index contributed by atoms with van der Waals surface area (Å²) in [6, 6.07) is 6.53. The number of carboxylic acids is 1. The van der Waals surface area contributed by atoms with Crippen molar-refractivity contribution in [2.24, 2.45) is 23.7 Å². The lowest BCUT2D eigenvalue weighted by Gasteiger charge is -2.60. The minimum Gasteiger partial charge on any atom is -0.555 e. The van der Waals surface area contributed by atoms with Crippen LogP contribution in [0.25, 0.3) is 0 Å². The third-order valence-electron chi connectivity index (χ3n) is 7.91. The van der Waals surface area contributed by atoms with E-state index < -0.39 is 29.9 Å². The molecular weight excluding hydrogens is 452 g/mol. The normalized spacial score (nSPS) is 39.3. The van der Waals surface area contributed by atoms with E-state index in [0.717, 1.165) is 31.2 Å². The highest BCUT2D eigenvalue weighted by Gasteiger charge is 2.69. The van der Waals surface area contributed by atoms with Crippen LogP contribution >= 0.6 is 0 Å². The second kappa shape index (κ2) is 11.2. The highest BCUT2D eigenvalue weighted by Crippen LogP contribution is 2.60. The molecule has 6 rings (SSSR count). The van der Waals surface area contributed by atoms with Gasteiger partial charge >= 0.3 is 0 Å². The van der Waals surface area contributed by atoms with Gasteiger partial charge in [0.05, 0.1) is 12.6 Å². The van der Waals surface area contributed by atoms with Crippen LogP contribution in [0.1, 0.15) is 76.7 Å². The van der Waals surface area contributed by atoms with E-state index in [4.69, 9.17) is 24.0 Å². The van der Waals surface area contributed by atoms with E-state index in [1.165, 1.54) is 12.1 Å². The first-order chi connectivity index (χ1) is 16.2. The summed E-state index contributed by atoms with van der Waals surface area (Å²) in [6.07, 6.45) is 2.97. The third kappa shape index (κ3) is 5.29. The number of ether oxygens (including phenoxy) is 4. The van der Waals surface area contributed by atoms with Crippen LogP contribution in [-0.2, 0) is 35.3 Å². The number of carbonyl (C=O) groups is 1. The zero-order chi connectivity index (χ0) is 24.5. The number of aromatic carboxylic acids is 1. The molecule has 2 bridgehead atoms. The van der Waals surface area contributed by atoms with Crippen LogP contribution < -0.4 is 5.11 Å². The number of fused-ring (bicyclic) bond motifs is 2. The first-order valence-electron chi connectivity index (χ1n) is 12.2. The first kappa shape index (κ1) is 28.0. The molecular formula is C27H40O8-2. The van der Waals surface area contributed by atoms with Gasteiger partial charge in [-0.25, -0.2) is 16.9 Å². The van der Waals surface area contributed by atoms with Crippen LogP contribution in [0.15, 0.2) is 24.3 Å². The van der Waals surface area contributed by atoms with Gasteiger partial charge in [-0.15, -0.1) is 0 Å².